The van der Waals surface area contributed by atoms with E-state index in [0.29, 0.717) is 26.8 Å². The predicted octanol–water partition coefficient (Wildman–Crippen LogP) is 2.54. The van der Waals surface area contributed by atoms with Gasteiger partial charge in [0.05, 0.1) is 5.75 Å². The van der Waals surface area contributed by atoms with Crippen LogP contribution in [0.2, 0.25) is 0 Å². The summed E-state index contributed by atoms with van der Waals surface area (Å²) in [5, 5.41) is -0.317. The van der Waals surface area contributed by atoms with E-state index in [1.807, 2.05) is 0 Å². The number of anilines is 1. The lowest BCUT2D eigenvalue weighted by Crippen LogP contribution is -2.05. The normalized spacial score (nSPS) is 11.9. The van der Waals surface area contributed by atoms with Crippen molar-refractivity contribution in [3.63, 3.8) is 0 Å². The fraction of sp³-hybridized carbons (Fsp3) is 0.0769. The Morgan fingerprint density at radius 1 is 1.24 bits per heavy atom. The van der Waals surface area contributed by atoms with E-state index >= 15 is 0 Å². The molecule has 0 saturated carbocycles. The highest BCUT2D eigenvalue weighted by Crippen LogP contribution is 2.23. The van der Waals surface area contributed by atoms with Crippen molar-refractivity contribution in [2.24, 2.45) is 0 Å². The number of sulfone groups is 1. The van der Waals surface area contributed by atoms with Gasteiger partial charge in [0.1, 0.15) is 5.52 Å². The van der Waals surface area contributed by atoms with Crippen LogP contribution in [0.25, 0.3) is 11.1 Å². The Morgan fingerprint density at radius 3 is 2.81 bits per heavy atom. The van der Waals surface area contributed by atoms with Gasteiger partial charge in [0.15, 0.2) is 5.58 Å². The predicted molar refractivity (Wildman–Crippen MR) is 81.2 cm³/mol. The van der Waals surface area contributed by atoms with Crippen LogP contribution in [-0.2, 0) is 15.6 Å². The number of aromatic nitrogens is 2. The average Bonchev–Trinajstić information content (AvgIpc) is 2.82. The zero-order chi connectivity index (χ0) is 15.0. The first-order valence-electron chi connectivity index (χ1n) is 5.92. The molecule has 0 amide bonds. The van der Waals surface area contributed by atoms with Gasteiger partial charge in [-0.25, -0.2) is 8.42 Å². The smallest absolute Gasteiger partial charge is 0.316 e. The highest BCUT2D eigenvalue weighted by atomic mass is 79.9. The summed E-state index contributed by atoms with van der Waals surface area (Å²) in [4.78, 5) is 7.93. The van der Waals surface area contributed by atoms with Gasteiger partial charge in [-0.2, -0.15) is 4.98 Å². The van der Waals surface area contributed by atoms with Crippen molar-refractivity contribution in [3.05, 3.63) is 46.7 Å². The van der Waals surface area contributed by atoms with E-state index in [1.54, 1.807) is 30.5 Å². The Hall–Kier alpha value is -1.93. The second-order valence-electron chi connectivity index (χ2n) is 4.48. The van der Waals surface area contributed by atoms with E-state index in [9.17, 15) is 8.42 Å². The third-order valence-corrected chi connectivity index (χ3v) is 4.63. The summed E-state index contributed by atoms with van der Waals surface area (Å²) in [6, 6.07) is 6.48. The highest BCUT2D eigenvalue weighted by Gasteiger charge is 2.22. The summed E-state index contributed by atoms with van der Waals surface area (Å²) in [6.45, 7) is 0. The minimum atomic E-state index is -3.68. The molecule has 0 unspecified atom stereocenters. The number of nitrogen functional groups attached to an aromatic ring is 1. The van der Waals surface area contributed by atoms with Crippen molar-refractivity contribution in [3.8, 4) is 0 Å². The van der Waals surface area contributed by atoms with Crippen LogP contribution in [0.15, 0.2) is 50.8 Å². The summed E-state index contributed by atoms with van der Waals surface area (Å²) < 4.78 is 30.7. The highest BCUT2D eigenvalue weighted by molar-refractivity contribution is 9.10. The fourth-order valence-corrected chi connectivity index (χ4v) is 3.46. The van der Waals surface area contributed by atoms with E-state index in [2.05, 4.69) is 25.9 Å². The number of oxazole rings is 1. The van der Waals surface area contributed by atoms with Gasteiger partial charge in [-0.1, -0.05) is 0 Å². The van der Waals surface area contributed by atoms with E-state index in [1.165, 1.54) is 6.20 Å². The fourth-order valence-electron chi connectivity index (χ4n) is 1.87. The van der Waals surface area contributed by atoms with Gasteiger partial charge in [-0.15, -0.1) is 0 Å². The van der Waals surface area contributed by atoms with Gasteiger partial charge in [-0.3, -0.25) is 4.98 Å². The van der Waals surface area contributed by atoms with Crippen molar-refractivity contribution in [1.29, 1.82) is 0 Å². The molecule has 6 nitrogen and oxygen atoms in total. The molecule has 8 heteroatoms. The number of nitrogens with two attached hydrogens (primary N) is 1. The van der Waals surface area contributed by atoms with Crippen LogP contribution < -0.4 is 5.73 Å². The molecule has 0 spiro atoms. The van der Waals surface area contributed by atoms with Crippen LogP contribution in [0.5, 0.6) is 0 Å². The molecule has 21 heavy (non-hydrogen) atoms. The molecule has 0 radical (unpaired) electrons. The summed E-state index contributed by atoms with van der Waals surface area (Å²) in [6.07, 6.45) is 3.07. The van der Waals surface area contributed by atoms with Crippen LogP contribution in [0.3, 0.4) is 0 Å². The van der Waals surface area contributed by atoms with Gasteiger partial charge < -0.3 is 10.2 Å². The molecular weight excluding hydrogens is 358 g/mol. The number of halogens is 1. The molecule has 0 aliphatic carbocycles. The largest absolute Gasteiger partial charge is 0.428 e. The van der Waals surface area contributed by atoms with Crippen molar-refractivity contribution in [2.45, 2.75) is 11.0 Å². The second kappa shape index (κ2) is 5.12. The zero-order valence-electron chi connectivity index (χ0n) is 10.7. The van der Waals surface area contributed by atoms with Gasteiger partial charge in [-0.05, 0) is 45.8 Å². The van der Waals surface area contributed by atoms with E-state index in [4.69, 9.17) is 10.2 Å². The topological polar surface area (TPSA) is 99.1 Å². The first kappa shape index (κ1) is 14.0. The summed E-state index contributed by atoms with van der Waals surface area (Å²) in [5.74, 6) is -0.234. The number of pyridine rings is 1. The number of benzene rings is 1. The molecule has 2 aromatic heterocycles. The van der Waals surface area contributed by atoms with Crippen LogP contribution >= 0.6 is 15.9 Å². The molecular formula is C13H10BrN3O3S. The van der Waals surface area contributed by atoms with Crippen LogP contribution in [0.1, 0.15) is 5.56 Å². The van der Waals surface area contributed by atoms with Crippen molar-refractivity contribution in [2.75, 3.05) is 5.73 Å². The Morgan fingerprint density at radius 2 is 2.05 bits per heavy atom. The molecule has 3 aromatic rings. The second-order valence-corrected chi connectivity index (χ2v) is 7.26. The first-order chi connectivity index (χ1) is 9.94. The third kappa shape index (κ3) is 2.91. The van der Waals surface area contributed by atoms with E-state index in [-0.39, 0.29) is 11.0 Å². The standard InChI is InChI=1S/C13H10BrN3O3S/c14-9-3-8(5-16-6-9)7-21(18,19)13-17-11-4-10(15)1-2-12(11)20-13/h1-6H,7,15H2. The maximum atomic E-state index is 12.3. The molecule has 0 aliphatic heterocycles. The minimum absolute atomic E-state index is 0.234. The van der Waals surface area contributed by atoms with Gasteiger partial charge >= 0.3 is 5.22 Å². The molecule has 3 rings (SSSR count). The SMILES string of the molecule is Nc1ccc2oc(S(=O)(=O)Cc3cncc(Br)c3)nc2c1. The Kier molecular flexibility index (Phi) is 3.42. The lowest BCUT2D eigenvalue weighted by molar-refractivity contribution is 0.458. The molecule has 0 aliphatic rings. The summed E-state index contributed by atoms with van der Waals surface area (Å²) >= 11 is 3.25. The van der Waals surface area contributed by atoms with E-state index in [0.717, 1.165) is 0 Å². The van der Waals surface area contributed by atoms with Gasteiger partial charge in [0, 0.05) is 22.6 Å². The maximum Gasteiger partial charge on any atom is 0.316 e. The molecule has 2 heterocycles. The number of nitrogens with zero attached hydrogens (tertiary/aromatic N) is 2. The van der Waals surface area contributed by atoms with Crippen LogP contribution in [0, 0.1) is 0 Å². The molecule has 0 atom stereocenters. The monoisotopic (exact) mass is 367 g/mol. The molecule has 1 aromatic carbocycles. The Balaban J connectivity index is 2.00. The lowest BCUT2D eigenvalue weighted by Gasteiger charge is -2.00. The Labute approximate surface area is 129 Å². The summed E-state index contributed by atoms with van der Waals surface area (Å²) in [5.41, 5.74) is 7.48. The number of fused-ring (bicyclic) bond motifs is 1. The maximum absolute atomic E-state index is 12.3. The molecule has 0 fully saturated rings. The molecule has 0 saturated heterocycles. The zero-order valence-corrected chi connectivity index (χ0v) is 13.1. The number of rotatable bonds is 3. The minimum Gasteiger partial charge on any atom is -0.428 e. The van der Waals surface area contributed by atoms with Crippen molar-refractivity contribution in [1.82, 2.24) is 9.97 Å². The summed E-state index contributed by atoms with van der Waals surface area (Å²) in [7, 11) is -3.68. The van der Waals surface area contributed by atoms with Gasteiger partial charge in [0.2, 0.25) is 9.84 Å². The number of hydrogen-bond donors (Lipinski definition) is 1. The molecule has 2 N–H and O–H groups in total. The third-order valence-electron chi connectivity index (χ3n) is 2.78. The first-order valence-corrected chi connectivity index (χ1v) is 8.37. The number of hydrogen-bond acceptors (Lipinski definition) is 6. The van der Waals surface area contributed by atoms with Crippen LogP contribution in [0.4, 0.5) is 5.69 Å². The van der Waals surface area contributed by atoms with E-state index < -0.39 is 9.84 Å². The van der Waals surface area contributed by atoms with Gasteiger partial charge in [0.25, 0.3) is 0 Å². The van der Waals surface area contributed by atoms with Crippen LogP contribution in [-0.4, -0.2) is 18.4 Å². The quantitative estimate of drug-likeness (QED) is 0.714. The lowest BCUT2D eigenvalue weighted by atomic mass is 10.3. The molecule has 0 bridgehead atoms. The van der Waals surface area contributed by atoms with Crippen molar-refractivity contribution < 1.29 is 12.8 Å². The Bertz CT molecular complexity index is 921. The average molecular weight is 368 g/mol. The molecule has 108 valence electrons. The van der Waals surface area contributed by atoms with Crippen molar-refractivity contribution >= 4 is 42.6 Å².